The Morgan fingerprint density at radius 1 is 1.16 bits per heavy atom. The molecule has 0 aliphatic carbocycles. The van der Waals surface area contributed by atoms with Crippen molar-refractivity contribution in [3.63, 3.8) is 0 Å². The lowest BCUT2D eigenvalue weighted by molar-refractivity contribution is 0.262. The van der Waals surface area contributed by atoms with E-state index in [0.29, 0.717) is 11.4 Å². The highest BCUT2D eigenvalue weighted by Crippen LogP contribution is 2.23. The Hall–Kier alpha value is -2.01. The number of carbonyl (C=O) groups is 1. The summed E-state index contributed by atoms with van der Waals surface area (Å²) >= 11 is 3.39. The van der Waals surface area contributed by atoms with Gasteiger partial charge in [-0.3, -0.25) is 0 Å². The van der Waals surface area contributed by atoms with Crippen LogP contribution in [0.1, 0.15) is 5.56 Å². The molecule has 0 aliphatic rings. The molecule has 0 saturated heterocycles. The van der Waals surface area contributed by atoms with E-state index in [1.54, 1.807) is 18.2 Å². The van der Waals surface area contributed by atoms with E-state index in [1.807, 2.05) is 25.1 Å². The molecule has 2 aromatic carbocycles. The average molecular weight is 321 g/mol. The van der Waals surface area contributed by atoms with E-state index in [4.69, 9.17) is 0 Å². The maximum Gasteiger partial charge on any atom is 0.323 e. The summed E-state index contributed by atoms with van der Waals surface area (Å²) in [5.41, 5.74) is 2.31. The van der Waals surface area contributed by atoms with Gasteiger partial charge in [0, 0.05) is 16.2 Å². The Balaban J connectivity index is 2.05. The number of rotatable bonds is 2. The van der Waals surface area contributed by atoms with Gasteiger partial charge in [-0.25, -0.2) is 4.79 Å². The van der Waals surface area contributed by atoms with Gasteiger partial charge in [0.2, 0.25) is 0 Å². The van der Waals surface area contributed by atoms with Gasteiger partial charge in [0.15, 0.2) is 0 Å². The van der Waals surface area contributed by atoms with Gasteiger partial charge in [-0.05, 0) is 52.7 Å². The molecule has 0 bridgehead atoms. The van der Waals surface area contributed by atoms with Gasteiger partial charge in [-0.1, -0.05) is 12.1 Å². The Labute approximate surface area is 119 Å². The smallest absolute Gasteiger partial charge is 0.323 e. The van der Waals surface area contributed by atoms with Gasteiger partial charge < -0.3 is 15.7 Å². The van der Waals surface area contributed by atoms with Gasteiger partial charge in [0.05, 0.1) is 5.69 Å². The molecule has 3 N–H and O–H groups in total. The Kier molecular flexibility index (Phi) is 4.06. The fourth-order valence-electron chi connectivity index (χ4n) is 1.59. The predicted molar refractivity (Wildman–Crippen MR) is 79.6 cm³/mol. The highest BCUT2D eigenvalue weighted by atomic mass is 79.9. The van der Waals surface area contributed by atoms with Crippen LogP contribution >= 0.6 is 15.9 Å². The number of benzene rings is 2. The molecule has 2 amide bonds. The van der Waals surface area contributed by atoms with Crippen molar-refractivity contribution in [2.24, 2.45) is 0 Å². The molecule has 0 unspecified atom stereocenters. The quantitative estimate of drug-likeness (QED) is 0.779. The van der Waals surface area contributed by atoms with Crippen molar-refractivity contribution in [3.05, 3.63) is 52.5 Å². The van der Waals surface area contributed by atoms with Crippen LogP contribution in [0.4, 0.5) is 16.2 Å². The molecule has 0 spiro atoms. The van der Waals surface area contributed by atoms with Crippen molar-refractivity contribution in [1.29, 1.82) is 0 Å². The van der Waals surface area contributed by atoms with E-state index in [0.717, 1.165) is 10.0 Å². The minimum atomic E-state index is -0.366. The average Bonchev–Trinajstić information content (AvgIpc) is 2.33. The molecule has 19 heavy (non-hydrogen) atoms. The number of phenols is 1. The molecule has 2 aromatic rings. The van der Waals surface area contributed by atoms with Gasteiger partial charge in [-0.2, -0.15) is 0 Å². The molecule has 5 heteroatoms. The first-order chi connectivity index (χ1) is 9.04. The Bertz CT molecular complexity index is 614. The van der Waals surface area contributed by atoms with E-state index >= 15 is 0 Å². The standard InChI is InChI=1S/C14H13BrN2O2/c1-9-5-6-13(12(15)7-9)17-14(19)16-10-3-2-4-11(18)8-10/h2-8,18H,1H3,(H2,16,17,19). The van der Waals surface area contributed by atoms with E-state index in [-0.39, 0.29) is 11.8 Å². The maximum absolute atomic E-state index is 11.8. The van der Waals surface area contributed by atoms with Gasteiger partial charge in [-0.15, -0.1) is 0 Å². The molecule has 0 radical (unpaired) electrons. The lowest BCUT2D eigenvalue weighted by atomic mass is 10.2. The zero-order valence-corrected chi connectivity index (χ0v) is 11.9. The number of aromatic hydroxyl groups is 1. The predicted octanol–water partition coefficient (Wildman–Crippen LogP) is 4.11. The summed E-state index contributed by atoms with van der Waals surface area (Å²) in [7, 11) is 0. The van der Waals surface area contributed by atoms with Crippen LogP contribution < -0.4 is 10.6 Å². The second-order valence-corrected chi connectivity index (χ2v) is 4.97. The fraction of sp³-hybridized carbons (Fsp3) is 0.0714. The number of hydrogen-bond acceptors (Lipinski definition) is 2. The van der Waals surface area contributed by atoms with Crippen molar-refractivity contribution in [2.75, 3.05) is 10.6 Å². The highest BCUT2D eigenvalue weighted by Gasteiger charge is 2.06. The highest BCUT2D eigenvalue weighted by molar-refractivity contribution is 9.10. The van der Waals surface area contributed by atoms with Gasteiger partial charge in [0.1, 0.15) is 5.75 Å². The summed E-state index contributed by atoms with van der Waals surface area (Å²) in [5.74, 6) is 0.106. The Morgan fingerprint density at radius 3 is 2.63 bits per heavy atom. The molecule has 0 heterocycles. The van der Waals surface area contributed by atoms with Crippen LogP contribution in [0.25, 0.3) is 0 Å². The number of aryl methyl sites for hydroxylation is 1. The fourth-order valence-corrected chi connectivity index (χ4v) is 2.18. The molecule has 2 rings (SSSR count). The largest absolute Gasteiger partial charge is 0.508 e. The first-order valence-corrected chi connectivity index (χ1v) is 6.47. The van der Waals surface area contributed by atoms with E-state index in [2.05, 4.69) is 26.6 Å². The first-order valence-electron chi connectivity index (χ1n) is 5.68. The molecular weight excluding hydrogens is 308 g/mol. The minimum absolute atomic E-state index is 0.106. The first kappa shape index (κ1) is 13.4. The summed E-state index contributed by atoms with van der Waals surface area (Å²) in [6.45, 7) is 1.97. The number of anilines is 2. The topological polar surface area (TPSA) is 61.4 Å². The van der Waals surface area contributed by atoms with Crippen LogP contribution in [0, 0.1) is 6.92 Å². The van der Waals surface area contributed by atoms with Crippen LogP contribution in [-0.2, 0) is 0 Å². The normalized spacial score (nSPS) is 10.0. The van der Waals surface area contributed by atoms with E-state index in [1.165, 1.54) is 6.07 Å². The van der Waals surface area contributed by atoms with Crippen molar-refractivity contribution in [2.45, 2.75) is 6.92 Å². The van der Waals surface area contributed by atoms with Gasteiger partial charge >= 0.3 is 6.03 Å². The number of nitrogens with one attached hydrogen (secondary N) is 2. The number of phenolic OH excluding ortho intramolecular Hbond substituents is 1. The summed E-state index contributed by atoms with van der Waals surface area (Å²) in [6, 6.07) is 11.7. The Morgan fingerprint density at radius 2 is 1.95 bits per heavy atom. The van der Waals surface area contributed by atoms with Crippen molar-refractivity contribution >= 4 is 33.3 Å². The van der Waals surface area contributed by atoms with Crippen LogP contribution in [0.3, 0.4) is 0 Å². The maximum atomic E-state index is 11.8. The number of amides is 2. The molecule has 0 atom stereocenters. The summed E-state index contributed by atoms with van der Waals surface area (Å²) in [4.78, 5) is 11.8. The number of carbonyl (C=O) groups excluding carboxylic acids is 1. The van der Waals surface area contributed by atoms with Crippen molar-refractivity contribution < 1.29 is 9.90 Å². The van der Waals surface area contributed by atoms with E-state index in [9.17, 15) is 9.90 Å². The third kappa shape index (κ3) is 3.72. The monoisotopic (exact) mass is 320 g/mol. The van der Waals surface area contributed by atoms with Crippen LogP contribution in [-0.4, -0.2) is 11.1 Å². The molecule has 0 aromatic heterocycles. The van der Waals surface area contributed by atoms with Gasteiger partial charge in [0.25, 0.3) is 0 Å². The summed E-state index contributed by atoms with van der Waals surface area (Å²) in [6.07, 6.45) is 0. The van der Waals surface area contributed by atoms with E-state index < -0.39 is 0 Å². The molecule has 0 fully saturated rings. The summed E-state index contributed by atoms with van der Waals surface area (Å²) < 4.78 is 0.818. The SMILES string of the molecule is Cc1ccc(NC(=O)Nc2cccc(O)c2)c(Br)c1. The second kappa shape index (κ2) is 5.75. The lowest BCUT2D eigenvalue weighted by Crippen LogP contribution is -2.19. The molecule has 0 saturated carbocycles. The number of urea groups is 1. The zero-order chi connectivity index (χ0) is 13.8. The summed E-state index contributed by atoms with van der Waals surface area (Å²) in [5, 5.41) is 14.7. The van der Waals surface area contributed by atoms with Crippen LogP contribution in [0.5, 0.6) is 5.75 Å². The van der Waals surface area contributed by atoms with Crippen LogP contribution in [0.15, 0.2) is 46.9 Å². The van der Waals surface area contributed by atoms with Crippen LogP contribution in [0.2, 0.25) is 0 Å². The number of hydrogen-bond donors (Lipinski definition) is 3. The lowest BCUT2D eigenvalue weighted by Gasteiger charge is -2.09. The number of halogens is 1. The van der Waals surface area contributed by atoms with Crippen molar-refractivity contribution in [1.82, 2.24) is 0 Å². The molecule has 0 aliphatic heterocycles. The second-order valence-electron chi connectivity index (χ2n) is 4.11. The van der Waals surface area contributed by atoms with Crippen molar-refractivity contribution in [3.8, 4) is 5.75 Å². The minimum Gasteiger partial charge on any atom is -0.508 e. The zero-order valence-electron chi connectivity index (χ0n) is 10.3. The third-order valence-electron chi connectivity index (χ3n) is 2.48. The molecule has 98 valence electrons. The molecular formula is C14H13BrN2O2. The third-order valence-corrected chi connectivity index (χ3v) is 3.13. The molecule has 4 nitrogen and oxygen atoms in total.